The maximum atomic E-state index is 12.8. The van der Waals surface area contributed by atoms with Crippen LogP contribution in [0.2, 0.25) is 0 Å². The molecule has 0 saturated carbocycles. The molecular weight excluding hydrogens is 348 g/mol. The Hall–Kier alpha value is -2.18. The van der Waals surface area contributed by atoms with Crippen molar-refractivity contribution in [2.75, 3.05) is 18.4 Å². The van der Waals surface area contributed by atoms with E-state index in [4.69, 9.17) is 0 Å². The fourth-order valence-corrected chi connectivity index (χ4v) is 4.83. The second kappa shape index (κ2) is 7.60. The molecule has 2 aromatic carbocycles. The van der Waals surface area contributed by atoms with Crippen molar-refractivity contribution in [1.29, 1.82) is 0 Å². The molecule has 26 heavy (non-hydrogen) atoms. The van der Waals surface area contributed by atoms with Crippen molar-refractivity contribution in [3.05, 3.63) is 59.7 Å². The molecular formula is C20H24N2O3S. The van der Waals surface area contributed by atoms with Crippen molar-refractivity contribution in [2.24, 2.45) is 5.92 Å². The van der Waals surface area contributed by atoms with Crippen LogP contribution in [0.3, 0.4) is 0 Å². The van der Waals surface area contributed by atoms with Gasteiger partial charge in [-0.1, -0.05) is 24.3 Å². The summed E-state index contributed by atoms with van der Waals surface area (Å²) in [6, 6.07) is 14.6. The van der Waals surface area contributed by atoms with Crippen molar-refractivity contribution in [3.8, 4) is 0 Å². The summed E-state index contributed by atoms with van der Waals surface area (Å²) in [5, 5.41) is 2.94. The minimum absolute atomic E-state index is 0.0387. The predicted octanol–water partition coefficient (Wildman–Crippen LogP) is 3.34. The van der Waals surface area contributed by atoms with Gasteiger partial charge in [-0.3, -0.25) is 4.79 Å². The van der Waals surface area contributed by atoms with Crippen LogP contribution in [-0.4, -0.2) is 31.7 Å². The number of carbonyl (C=O) groups excluding carboxylic acids is 1. The van der Waals surface area contributed by atoms with E-state index in [0.29, 0.717) is 30.8 Å². The number of benzene rings is 2. The van der Waals surface area contributed by atoms with Crippen LogP contribution in [0.15, 0.2) is 53.4 Å². The van der Waals surface area contributed by atoms with E-state index in [1.165, 1.54) is 4.31 Å². The zero-order chi connectivity index (χ0) is 18.7. The molecule has 138 valence electrons. The third-order valence-corrected chi connectivity index (χ3v) is 6.63. The zero-order valence-corrected chi connectivity index (χ0v) is 15.9. The molecule has 1 aliphatic heterocycles. The van der Waals surface area contributed by atoms with Crippen LogP contribution in [0.1, 0.15) is 24.0 Å². The minimum atomic E-state index is -3.50. The van der Waals surface area contributed by atoms with E-state index >= 15 is 0 Å². The number of hydrogen-bond donors (Lipinski definition) is 1. The maximum absolute atomic E-state index is 12.8. The Kier molecular flexibility index (Phi) is 5.44. The van der Waals surface area contributed by atoms with Crippen molar-refractivity contribution in [2.45, 2.75) is 31.6 Å². The highest BCUT2D eigenvalue weighted by molar-refractivity contribution is 7.89. The number of carbonyl (C=O) groups is 1. The van der Waals surface area contributed by atoms with E-state index in [1.807, 2.05) is 44.2 Å². The van der Waals surface area contributed by atoms with Gasteiger partial charge in [0.2, 0.25) is 15.9 Å². The molecule has 0 aromatic heterocycles. The molecule has 1 aliphatic rings. The van der Waals surface area contributed by atoms with Crippen LogP contribution in [0, 0.1) is 19.8 Å². The number of hydrogen-bond acceptors (Lipinski definition) is 3. The van der Waals surface area contributed by atoms with Crippen LogP contribution in [0.5, 0.6) is 0 Å². The number of nitrogens with zero attached hydrogens (tertiary/aromatic N) is 1. The fraction of sp³-hybridized carbons (Fsp3) is 0.350. The molecule has 1 saturated heterocycles. The number of piperidine rings is 1. The molecule has 3 rings (SSSR count). The summed E-state index contributed by atoms with van der Waals surface area (Å²) in [6.07, 6.45) is 1.06. The molecule has 0 bridgehead atoms. The van der Waals surface area contributed by atoms with Gasteiger partial charge in [0.1, 0.15) is 0 Å². The molecule has 2 aromatic rings. The summed E-state index contributed by atoms with van der Waals surface area (Å²) in [7, 11) is -3.50. The lowest BCUT2D eigenvalue weighted by molar-refractivity contribution is -0.120. The zero-order valence-electron chi connectivity index (χ0n) is 15.1. The molecule has 6 heteroatoms. The van der Waals surface area contributed by atoms with Crippen molar-refractivity contribution >= 4 is 21.6 Å². The van der Waals surface area contributed by atoms with Gasteiger partial charge < -0.3 is 5.32 Å². The van der Waals surface area contributed by atoms with Gasteiger partial charge in [0.05, 0.1) is 4.90 Å². The highest BCUT2D eigenvalue weighted by Gasteiger charge is 2.32. The average Bonchev–Trinajstić information content (AvgIpc) is 2.62. The van der Waals surface area contributed by atoms with E-state index in [2.05, 4.69) is 5.32 Å². The topological polar surface area (TPSA) is 66.5 Å². The standard InChI is InChI=1S/C20H24N2O3S/c1-15-5-3-7-18(13-15)21-20(23)17-9-11-22(12-10-17)26(24,25)19-8-4-6-16(2)14-19/h3-8,13-14,17H,9-12H2,1-2H3,(H,21,23). The van der Waals surface area contributed by atoms with Gasteiger partial charge in [0.15, 0.2) is 0 Å². The number of rotatable bonds is 4. The molecule has 1 heterocycles. The number of aryl methyl sites for hydroxylation is 2. The second-order valence-corrected chi connectivity index (χ2v) is 8.79. The Bertz CT molecular complexity index is 901. The Morgan fingerprint density at radius 3 is 2.23 bits per heavy atom. The molecule has 0 radical (unpaired) electrons. The Balaban J connectivity index is 1.62. The molecule has 0 unspecified atom stereocenters. The van der Waals surface area contributed by atoms with E-state index in [9.17, 15) is 13.2 Å². The second-order valence-electron chi connectivity index (χ2n) is 6.85. The number of amides is 1. The van der Waals surface area contributed by atoms with Crippen LogP contribution >= 0.6 is 0 Å². The van der Waals surface area contributed by atoms with E-state index < -0.39 is 10.0 Å². The number of sulfonamides is 1. The number of nitrogens with one attached hydrogen (secondary N) is 1. The monoisotopic (exact) mass is 372 g/mol. The lowest BCUT2D eigenvalue weighted by Crippen LogP contribution is -2.41. The highest BCUT2D eigenvalue weighted by Crippen LogP contribution is 2.25. The SMILES string of the molecule is Cc1cccc(NC(=O)C2CCN(S(=O)(=O)c3cccc(C)c3)CC2)c1. The van der Waals surface area contributed by atoms with Crippen molar-refractivity contribution < 1.29 is 13.2 Å². The largest absolute Gasteiger partial charge is 0.326 e. The first kappa shape index (κ1) is 18.6. The van der Waals surface area contributed by atoms with Gasteiger partial charge in [-0.25, -0.2) is 8.42 Å². The third kappa shape index (κ3) is 4.14. The summed E-state index contributed by atoms with van der Waals surface area (Å²) in [5.41, 5.74) is 2.78. The molecule has 1 N–H and O–H groups in total. The summed E-state index contributed by atoms with van der Waals surface area (Å²) in [5.74, 6) is -0.206. The summed E-state index contributed by atoms with van der Waals surface area (Å²) in [4.78, 5) is 12.8. The minimum Gasteiger partial charge on any atom is -0.326 e. The molecule has 5 nitrogen and oxygen atoms in total. The van der Waals surface area contributed by atoms with Crippen molar-refractivity contribution in [3.63, 3.8) is 0 Å². The summed E-state index contributed by atoms with van der Waals surface area (Å²) < 4.78 is 27.0. The maximum Gasteiger partial charge on any atom is 0.243 e. The van der Waals surface area contributed by atoms with Crippen molar-refractivity contribution in [1.82, 2.24) is 4.31 Å². The van der Waals surface area contributed by atoms with Gasteiger partial charge in [-0.05, 0) is 62.1 Å². The molecule has 1 fully saturated rings. The molecule has 1 amide bonds. The summed E-state index contributed by atoms with van der Waals surface area (Å²) >= 11 is 0. The van der Waals surface area contributed by atoms with Gasteiger partial charge >= 0.3 is 0 Å². The van der Waals surface area contributed by atoms with E-state index in [-0.39, 0.29) is 11.8 Å². The normalized spacial score (nSPS) is 16.4. The first-order valence-corrected chi connectivity index (χ1v) is 10.2. The van der Waals surface area contributed by atoms with Gasteiger partial charge in [0.25, 0.3) is 0 Å². The molecule has 0 spiro atoms. The van der Waals surface area contributed by atoms with Crippen LogP contribution in [0.4, 0.5) is 5.69 Å². The predicted molar refractivity (Wildman–Crippen MR) is 102 cm³/mol. The lowest BCUT2D eigenvalue weighted by atomic mass is 9.97. The van der Waals surface area contributed by atoms with Gasteiger partial charge in [-0.2, -0.15) is 4.31 Å². The molecule has 0 aliphatic carbocycles. The summed E-state index contributed by atoms with van der Waals surface area (Å²) in [6.45, 7) is 4.58. The Labute approximate surface area is 155 Å². The Morgan fingerprint density at radius 2 is 1.62 bits per heavy atom. The fourth-order valence-electron chi connectivity index (χ4n) is 3.25. The first-order chi connectivity index (χ1) is 12.4. The van der Waals surface area contributed by atoms with Gasteiger partial charge in [0, 0.05) is 24.7 Å². The third-order valence-electron chi connectivity index (χ3n) is 4.74. The lowest BCUT2D eigenvalue weighted by Gasteiger charge is -2.30. The van der Waals surface area contributed by atoms with Gasteiger partial charge in [-0.15, -0.1) is 0 Å². The van der Waals surface area contributed by atoms with Crippen LogP contribution in [-0.2, 0) is 14.8 Å². The smallest absolute Gasteiger partial charge is 0.243 e. The average molecular weight is 372 g/mol. The number of anilines is 1. The van der Waals surface area contributed by atoms with E-state index in [1.54, 1.807) is 18.2 Å². The van der Waals surface area contributed by atoms with Crippen LogP contribution in [0.25, 0.3) is 0 Å². The Morgan fingerprint density at radius 1 is 1.00 bits per heavy atom. The first-order valence-electron chi connectivity index (χ1n) is 8.80. The highest BCUT2D eigenvalue weighted by atomic mass is 32.2. The van der Waals surface area contributed by atoms with E-state index in [0.717, 1.165) is 16.8 Å². The molecule has 0 atom stereocenters. The quantitative estimate of drug-likeness (QED) is 0.895. The van der Waals surface area contributed by atoms with Crippen LogP contribution < -0.4 is 5.32 Å².